The summed E-state index contributed by atoms with van der Waals surface area (Å²) in [5, 5.41) is 10.1. The Kier molecular flexibility index (Phi) is 4.71. The number of amides is 1. The van der Waals surface area contributed by atoms with E-state index in [9.17, 15) is 14.3 Å². The van der Waals surface area contributed by atoms with Crippen LogP contribution in [0, 0.1) is 5.82 Å². The number of carbonyl (C=O) groups is 1. The van der Waals surface area contributed by atoms with Gasteiger partial charge in [-0.3, -0.25) is 4.79 Å². The highest BCUT2D eigenvalue weighted by molar-refractivity contribution is 6.34. The summed E-state index contributed by atoms with van der Waals surface area (Å²) in [4.78, 5) is 15.6. The van der Waals surface area contributed by atoms with Crippen molar-refractivity contribution in [2.75, 3.05) is 7.11 Å². The number of aromatic hydroxyl groups is 1. The lowest BCUT2D eigenvalue weighted by Gasteiger charge is -2.14. The van der Waals surface area contributed by atoms with Crippen molar-refractivity contribution < 1.29 is 19.0 Å². The Morgan fingerprint density at radius 1 is 1.30 bits per heavy atom. The van der Waals surface area contributed by atoms with Crippen LogP contribution in [0.15, 0.2) is 35.3 Å². The molecule has 8 heteroatoms. The number of halogens is 2. The lowest BCUT2D eigenvalue weighted by molar-refractivity contribution is 0.100. The monoisotopic (exact) mass is 337 g/mol. The maximum Gasteiger partial charge on any atom is 0.284 e. The fourth-order valence-electron chi connectivity index (χ4n) is 2.09. The summed E-state index contributed by atoms with van der Waals surface area (Å²) in [5.74, 6) is -2.10. The summed E-state index contributed by atoms with van der Waals surface area (Å²) in [7, 11) is 1.38. The number of nitrogens with zero attached hydrogens (tertiary/aromatic N) is 1. The molecule has 0 aliphatic heterocycles. The molecule has 0 radical (unpaired) electrons. The fourth-order valence-corrected chi connectivity index (χ4v) is 2.35. The molecule has 0 heterocycles. The number of rotatable bonds is 3. The zero-order chi connectivity index (χ0) is 17.1. The second-order valence-corrected chi connectivity index (χ2v) is 4.91. The van der Waals surface area contributed by atoms with Crippen LogP contribution in [0.5, 0.6) is 11.5 Å². The predicted octanol–water partition coefficient (Wildman–Crippen LogP) is 2.27. The average molecular weight is 338 g/mol. The molecule has 0 unspecified atom stereocenters. The highest BCUT2D eigenvalue weighted by Gasteiger charge is 2.23. The molecule has 120 valence electrons. The molecule has 1 amide bonds. The number of phenolic OH excluding ortho intramolecular Hbond substituents is 1. The number of benzene rings is 2. The molecule has 0 spiro atoms. The van der Waals surface area contributed by atoms with E-state index < -0.39 is 23.4 Å². The van der Waals surface area contributed by atoms with Crippen molar-refractivity contribution in [1.29, 1.82) is 0 Å². The van der Waals surface area contributed by atoms with Gasteiger partial charge in [-0.2, -0.15) is 4.99 Å². The topological polar surface area (TPSA) is 111 Å². The van der Waals surface area contributed by atoms with E-state index in [1.54, 1.807) is 0 Å². The first kappa shape index (κ1) is 16.6. The number of hydrogen-bond acceptors (Lipinski definition) is 3. The van der Waals surface area contributed by atoms with Gasteiger partial charge in [0.2, 0.25) is 0 Å². The molecule has 5 N–H and O–H groups in total. The van der Waals surface area contributed by atoms with Gasteiger partial charge in [0.05, 0.1) is 12.7 Å². The third kappa shape index (κ3) is 3.35. The van der Waals surface area contributed by atoms with E-state index in [1.807, 2.05) is 0 Å². The third-order valence-electron chi connectivity index (χ3n) is 3.01. The van der Waals surface area contributed by atoms with Crippen LogP contribution < -0.4 is 16.2 Å². The van der Waals surface area contributed by atoms with Crippen LogP contribution in [0.4, 0.5) is 4.39 Å². The molecule has 0 aromatic heterocycles. The summed E-state index contributed by atoms with van der Waals surface area (Å²) >= 11 is 6.15. The van der Waals surface area contributed by atoms with E-state index in [1.165, 1.54) is 31.4 Å². The van der Waals surface area contributed by atoms with E-state index in [0.29, 0.717) is 0 Å². The Morgan fingerprint density at radius 3 is 2.61 bits per heavy atom. The summed E-state index contributed by atoms with van der Waals surface area (Å²) < 4.78 is 18.8. The largest absolute Gasteiger partial charge is 0.507 e. The van der Waals surface area contributed by atoms with E-state index in [0.717, 1.165) is 6.07 Å². The first-order valence-corrected chi connectivity index (χ1v) is 6.72. The van der Waals surface area contributed by atoms with Crippen LogP contribution in [0.2, 0.25) is 5.02 Å². The standard InChI is InChI=1S/C15H13ClFN3O3/c1-23-11-5-2-7(17)6-8(11)12-9(16)3-4-10(21)13(12)14(22)20-15(18)19/h2-6,21H,1H3,(H4,18,19,20,22). The van der Waals surface area contributed by atoms with Crippen molar-refractivity contribution in [3.8, 4) is 22.6 Å². The molecule has 0 fully saturated rings. The number of ether oxygens (including phenoxy) is 1. The van der Waals surface area contributed by atoms with Crippen LogP contribution in [-0.4, -0.2) is 24.1 Å². The quantitative estimate of drug-likeness (QED) is 0.587. The average Bonchev–Trinajstić information content (AvgIpc) is 2.48. The number of nitrogens with two attached hydrogens (primary N) is 2. The van der Waals surface area contributed by atoms with E-state index in [4.69, 9.17) is 27.8 Å². The highest BCUT2D eigenvalue weighted by atomic mass is 35.5. The van der Waals surface area contributed by atoms with Gasteiger partial charge in [0.25, 0.3) is 5.91 Å². The molecule has 0 saturated carbocycles. The van der Waals surface area contributed by atoms with Crippen LogP contribution in [0.25, 0.3) is 11.1 Å². The van der Waals surface area contributed by atoms with Gasteiger partial charge < -0.3 is 21.3 Å². The van der Waals surface area contributed by atoms with Gasteiger partial charge in [-0.25, -0.2) is 4.39 Å². The number of phenols is 1. The summed E-state index contributed by atoms with van der Waals surface area (Å²) in [6, 6.07) is 6.28. The Hall–Kier alpha value is -2.80. The number of methoxy groups -OCH3 is 1. The first-order valence-electron chi connectivity index (χ1n) is 6.34. The normalized spacial score (nSPS) is 10.2. The Morgan fingerprint density at radius 2 is 2.00 bits per heavy atom. The van der Waals surface area contributed by atoms with Gasteiger partial charge in [-0.15, -0.1) is 0 Å². The summed E-state index contributed by atoms with van der Waals surface area (Å²) in [6.45, 7) is 0. The van der Waals surface area contributed by atoms with Gasteiger partial charge >= 0.3 is 0 Å². The highest BCUT2D eigenvalue weighted by Crippen LogP contribution is 2.41. The van der Waals surface area contributed by atoms with Crippen LogP contribution in [0.1, 0.15) is 10.4 Å². The minimum absolute atomic E-state index is 0.0676. The van der Waals surface area contributed by atoms with Crippen LogP contribution in [0.3, 0.4) is 0 Å². The maximum atomic E-state index is 13.6. The number of hydrogen-bond donors (Lipinski definition) is 3. The van der Waals surface area contributed by atoms with Gasteiger partial charge in [0.1, 0.15) is 17.3 Å². The number of guanidine groups is 1. The molecule has 2 rings (SSSR count). The van der Waals surface area contributed by atoms with E-state index >= 15 is 0 Å². The zero-order valence-corrected chi connectivity index (χ0v) is 12.8. The Balaban J connectivity index is 2.82. The molecule has 23 heavy (non-hydrogen) atoms. The van der Waals surface area contributed by atoms with Crippen molar-refractivity contribution in [3.05, 3.63) is 46.7 Å². The Bertz CT molecular complexity index is 805. The van der Waals surface area contributed by atoms with E-state index in [-0.39, 0.29) is 27.5 Å². The SMILES string of the molecule is COc1ccc(F)cc1-c1c(Cl)ccc(O)c1C(=O)N=C(N)N. The number of aliphatic imine (C=N–C) groups is 1. The minimum Gasteiger partial charge on any atom is -0.507 e. The van der Waals surface area contributed by atoms with Crippen molar-refractivity contribution in [2.24, 2.45) is 16.5 Å². The van der Waals surface area contributed by atoms with Crippen molar-refractivity contribution in [3.63, 3.8) is 0 Å². The molecular formula is C15H13ClFN3O3. The molecular weight excluding hydrogens is 325 g/mol. The third-order valence-corrected chi connectivity index (χ3v) is 3.32. The number of carbonyl (C=O) groups excluding carboxylic acids is 1. The summed E-state index contributed by atoms with van der Waals surface area (Å²) in [5.41, 5.74) is 10.4. The molecule has 0 bridgehead atoms. The van der Waals surface area contributed by atoms with Gasteiger partial charge in [0.15, 0.2) is 5.96 Å². The lowest BCUT2D eigenvalue weighted by atomic mass is 9.97. The van der Waals surface area contributed by atoms with Crippen molar-refractivity contribution >= 4 is 23.5 Å². The molecule has 2 aromatic rings. The van der Waals surface area contributed by atoms with Gasteiger partial charge in [-0.05, 0) is 30.3 Å². The molecule has 0 atom stereocenters. The predicted molar refractivity (Wildman–Crippen MR) is 85.2 cm³/mol. The smallest absolute Gasteiger partial charge is 0.284 e. The molecule has 0 saturated heterocycles. The van der Waals surface area contributed by atoms with Crippen molar-refractivity contribution in [2.45, 2.75) is 0 Å². The molecule has 0 aliphatic carbocycles. The molecule has 6 nitrogen and oxygen atoms in total. The maximum absolute atomic E-state index is 13.6. The lowest BCUT2D eigenvalue weighted by Crippen LogP contribution is -2.24. The van der Waals surface area contributed by atoms with E-state index in [2.05, 4.69) is 4.99 Å². The fraction of sp³-hybridized carbons (Fsp3) is 0.0667. The minimum atomic E-state index is -0.911. The second-order valence-electron chi connectivity index (χ2n) is 4.50. The van der Waals surface area contributed by atoms with Crippen LogP contribution >= 0.6 is 11.6 Å². The van der Waals surface area contributed by atoms with Gasteiger partial charge in [-0.1, -0.05) is 11.6 Å². The second kappa shape index (κ2) is 6.53. The summed E-state index contributed by atoms with van der Waals surface area (Å²) in [6.07, 6.45) is 0. The Labute approximate surface area is 136 Å². The van der Waals surface area contributed by atoms with Crippen molar-refractivity contribution in [1.82, 2.24) is 0 Å². The van der Waals surface area contributed by atoms with Crippen LogP contribution in [-0.2, 0) is 0 Å². The van der Waals surface area contributed by atoms with Gasteiger partial charge in [0, 0.05) is 16.1 Å². The molecule has 2 aromatic carbocycles. The molecule has 0 aliphatic rings. The first-order chi connectivity index (χ1) is 10.8. The zero-order valence-electron chi connectivity index (χ0n) is 12.0.